The number of hydrogen-bond donors (Lipinski definition) is 3. The molecular weight excluding hydrogens is 204 g/mol. The Morgan fingerprint density at radius 1 is 1.50 bits per heavy atom. The van der Waals surface area contributed by atoms with Crippen molar-refractivity contribution in [3.63, 3.8) is 0 Å². The number of hydrogen-bond acceptors (Lipinski definition) is 3. The average Bonchev–Trinajstić information content (AvgIpc) is 2.27. The first-order chi connectivity index (χ1) is 7.54. The maximum atomic E-state index is 11.8. The molecule has 1 aromatic carbocycles. The molecule has 0 saturated carbocycles. The molecule has 0 aromatic heterocycles. The summed E-state index contributed by atoms with van der Waals surface area (Å²) >= 11 is 0. The second-order valence-electron chi connectivity index (χ2n) is 3.98. The standard InChI is InChI=1S/C12H18N2O2/c1-8(7-15)14-12(16)9(2)10-4-3-5-11(13)6-10/h3-6,8-9,15H,7,13H2,1-2H3,(H,14,16)/t8-,9?/m0/s1. The summed E-state index contributed by atoms with van der Waals surface area (Å²) < 4.78 is 0. The van der Waals surface area contributed by atoms with Gasteiger partial charge in [-0.2, -0.15) is 0 Å². The zero-order valence-electron chi connectivity index (χ0n) is 9.60. The lowest BCUT2D eigenvalue weighted by molar-refractivity contribution is -0.123. The van der Waals surface area contributed by atoms with Crippen LogP contribution < -0.4 is 11.1 Å². The van der Waals surface area contributed by atoms with Gasteiger partial charge in [0.05, 0.1) is 12.5 Å². The molecule has 0 fully saturated rings. The van der Waals surface area contributed by atoms with Crippen LogP contribution in [0.1, 0.15) is 25.3 Å². The number of nitrogen functional groups attached to an aromatic ring is 1. The van der Waals surface area contributed by atoms with Crippen LogP contribution in [0.25, 0.3) is 0 Å². The van der Waals surface area contributed by atoms with E-state index >= 15 is 0 Å². The van der Waals surface area contributed by atoms with Crippen LogP contribution in [0.15, 0.2) is 24.3 Å². The minimum absolute atomic E-state index is 0.0601. The Kier molecular flexibility index (Phi) is 4.31. The molecule has 0 aliphatic heterocycles. The number of nitrogens with one attached hydrogen (secondary N) is 1. The molecule has 4 heteroatoms. The van der Waals surface area contributed by atoms with E-state index in [0.29, 0.717) is 5.69 Å². The van der Waals surface area contributed by atoms with Gasteiger partial charge in [0.25, 0.3) is 0 Å². The Morgan fingerprint density at radius 3 is 2.75 bits per heavy atom. The van der Waals surface area contributed by atoms with Gasteiger partial charge in [-0.25, -0.2) is 0 Å². The molecule has 2 atom stereocenters. The summed E-state index contributed by atoms with van der Waals surface area (Å²) in [5.74, 6) is -0.371. The molecule has 1 rings (SSSR count). The van der Waals surface area contributed by atoms with Crippen molar-refractivity contribution in [1.82, 2.24) is 5.32 Å². The van der Waals surface area contributed by atoms with Crippen LogP contribution in [0.3, 0.4) is 0 Å². The minimum atomic E-state index is -0.266. The van der Waals surface area contributed by atoms with Gasteiger partial charge < -0.3 is 16.2 Å². The largest absolute Gasteiger partial charge is 0.399 e. The van der Waals surface area contributed by atoms with E-state index in [9.17, 15) is 4.79 Å². The Morgan fingerprint density at radius 2 is 2.19 bits per heavy atom. The van der Waals surface area contributed by atoms with Gasteiger partial charge in [-0.15, -0.1) is 0 Å². The van der Waals surface area contributed by atoms with Crippen LogP contribution in [0.2, 0.25) is 0 Å². The quantitative estimate of drug-likeness (QED) is 0.662. The Hall–Kier alpha value is -1.55. The molecular formula is C12H18N2O2. The third-order valence-electron chi connectivity index (χ3n) is 2.47. The van der Waals surface area contributed by atoms with Crippen molar-refractivity contribution >= 4 is 11.6 Å². The number of carbonyl (C=O) groups is 1. The van der Waals surface area contributed by atoms with Gasteiger partial charge in [0.1, 0.15) is 0 Å². The fourth-order valence-electron chi connectivity index (χ4n) is 1.39. The van der Waals surface area contributed by atoms with Gasteiger partial charge in [0.15, 0.2) is 0 Å². The zero-order valence-corrected chi connectivity index (χ0v) is 9.60. The van der Waals surface area contributed by atoms with Crippen molar-refractivity contribution in [2.24, 2.45) is 0 Å². The van der Waals surface area contributed by atoms with Crippen molar-refractivity contribution in [3.8, 4) is 0 Å². The highest BCUT2D eigenvalue weighted by molar-refractivity contribution is 5.83. The Labute approximate surface area is 95.5 Å². The van der Waals surface area contributed by atoms with Crippen LogP contribution in [-0.4, -0.2) is 23.7 Å². The first-order valence-corrected chi connectivity index (χ1v) is 5.31. The van der Waals surface area contributed by atoms with Crippen LogP contribution >= 0.6 is 0 Å². The molecule has 1 unspecified atom stereocenters. The third kappa shape index (κ3) is 3.24. The highest BCUT2D eigenvalue weighted by atomic mass is 16.3. The third-order valence-corrected chi connectivity index (χ3v) is 2.47. The fourth-order valence-corrected chi connectivity index (χ4v) is 1.39. The summed E-state index contributed by atoms with van der Waals surface area (Å²) in [6, 6.07) is 7.03. The minimum Gasteiger partial charge on any atom is -0.399 e. The summed E-state index contributed by atoms with van der Waals surface area (Å²) in [6.07, 6.45) is 0. The highest BCUT2D eigenvalue weighted by Crippen LogP contribution is 2.17. The predicted octanol–water partition coefficient (Wildman–Crippen LogP) is 0.869. The molecule has 0 heterocycles. The Balaban J connectivity index is 2.70. The average molecular weight is 222 g/mol. The van der Waals surface area contributed by atoms with Crippen LogP contribution in [-0.2, 0) is 4.79 Å². The van der Waals surface area contributed by atoms with Gasteiger partial charge >= 0.3 is 0 Å². The van der Waals surface area contributed by atoms with E-state index in [1.54, 1.807) is 19.1 Å². The summed E-state index contributed by atoms with van der Waals surface area (Å²) in [7, 11) is 0. The van der Waals surface area contributed by atoms with E-state index in [2.05, 4.69) is 5.32 Å². The molecule has 4 nitrogen and oxygen atoms in total. The van der Waals surface area contributed by atoms with Crippen molar-refractivity contribution in [1.29, 1.82) is 0 Å². The molecule has 0 aliphatic rings. The molecule has 0 saturated heterocycles. The number of rotatable bonds is 4. The van der Waals surface area contributed by atoms with Crippen molar-refractivity contribution in [3.05, 3.63) is 29.8 Å². The number of benzene rings is 1. The van der Waals surface area contributed by atoms with Gasteiger partial charge in [0, 0.05) is 11.7 Å². The normalized spacial score (nSPS) is 14.2. The molecule has 88 valence electrons. The number of nitrogens with two attached hydrogens (primary N) is 1. The lowest BCUT2D eigenvalue weighted by Gasteiger charge is -2.16. The maximum Gasteiger partial charge on any atom is 0.227 e. The van der Waals surface area contributed by atoms with Gasteiger partial charge in [-0.3, -0.25) is 4.79 Å². The van der Waals surface area contributed by atoms with Crippen molar-refractivity contribution in [2.75, 3.05) is 12.3 Å². The second-order valence-corrected chi connectivity index (χ2v) is 3.98. The smallest absolute Gasteiger partial charge is 0.227 e. The molecule has 4 N–H and O–H groups in total. The van der Waals surface area contributed by atoms with E-state index in [4.69, 9.17) is 10.8 Å². The van der Waals surface area contributed by atoms with Crippen molar-refractivity contribution < 1.29 is 9.90 Å². The number of carbonyl (C=O) groups excluding carboxylic acids is 1. The zero-order chi connectivity index (χ0) is 12.1. The first-order valence-electron chi connectivity index (χ1n) is 5.31. The topological polar surface area (TPSA) is 75.3 Å². The van der Waals surface area contributed by atoms with Crippen LogP contribution in [0.4, 0.5) is 5.69 Å². The number of aliphatic hydroxyl groups excluding tert-OH is 1. The molecule has 16 heavy (non-hydrogen) atoms. The SMILES string of the molecule is CC(C(=O)N[C@@H](C)CO)c1cccc(N)c1. The van der Waals surface area contributed by atoms with Gasteiger partial charge in [-0.1, -0.05) is 12.1 Å². The fraction of sp³-hybridized carbons (Fsp3) is 0.417. The van der Waals surface area contributed by atoms with Crippen LogP contribution in [0.5, 0.6) is 0 Å². The summed E-state index contributed by atoms with van der Waals surface area (Å²) in [4.78, 5) is 11.8. The predicted molar refractivity (Wildman–Crippen MR) is 64.0 cm³/mol. The maximum absolute atomic E-state index is 11.8. The Bertz CT molecular complexity index is 366. The second kappa shape index (κ2) is 5.51. The summed E-state index contributed by atoms with van der Waals surface area (Å²) in [6.45, 7) is 3.51. The number of anilines is 1. The molecule has 0 spiro atoms. The lowest BCUT2D eigenvalue weighted by Crippen LogP contribution is -2.37. The highest BCUT2D eigenvalue weighted by Gasteiger charge is 2.16. The number of amides is 1. The van der Waals surface area contributed by atoms with Gasteiger partial charge in [-0.05, 0) is 31.5 Å². The van der Waals surface area contributed by atoms with Gasteiger partial charge in [0.2, 0.25) is 5.91 Å². The van der Waals surface area contributed by atoms with Crippen molar-refractivity contribution in [2.45, 2.75) is 25.8 Å². The number of aliphatic hydroxyl groups is 1. The van der Waals surface area contributed by atoms with Crippen LogP contribution in [0, 0.1) is 0 Å². The summed E-state index contributed by atoms with van der Waals surface area (Å²) in [5.41, 5.74) is 7.18. The molecule has 0 radical (unpaired) electrons. The molecule has 1 amide bonds. The molecule has 0 bridgehead atoms. The summed E-state index contributed by atoms with van der Waals surface area (Å²) in [5, 5.41) is 11.6. The monoisotopic (exact) mass is 222 g/mol. The van der Waals surface area contributed by atoms with E-state index in [1.165, 1.54) is 0 Å². The first kappa shape index (κ1) is 12.5. The van der Waals surface area contributed by atoms with E-state index in [1.807, 2.05) is 19.1 Å². The van der Waals surface area contributed by atoms with E-state index in [0.717, 1.165) is 5.56 Å². The van der Waals surface area contributed by atoms with E-state index < -0.39 is 0 Å². The molecule has 0 aliphatic carbocycles. The molecule has 1 aromatic rings. The van der Waals surface area contributed by atoms with E-state index in [-0.39, 0.29) is 24.5 Å². The lowest BCUT2D eigenvalue weighted by atomic mass is 9.99.